The van der Waals surface area contributed by atoms with Gasteiger partial charge >= 0.3 is 0 Å². The normalized spacial score (nSPS) is 10.6. The van der Waals surface area contributed by atoms with E-state index in [-0.39, 0.29) is 6.67 Å². The average molecular weight is 255 g/mol. The van der Waals surface area contributed by atoms with Crippen molar-refractivity contribution in [3.8, 4) is 11.3 Å². The Kier molecular flexibility index (Phi) is 4.24. The number of hydrogen-bond donors (Lipinski definition) is 0. The van der Waals surface area contributed by atoms with Crippen molar-refractivity contribution in [3.05, 3.63) is 24.5 Å². The topological polar surface area (TPSA) is 38.7 Å². The van der Waals surface area contributed by atoms with Crippen molar-refractivity contribution in [1.29, 1.82) is 0 Å². The summed E-state index contributed by atoms with van der Waals surface area (Å²) in [6, 6.07) is 3.81. The van der Waals surface area contributed by atoms with Crippen molar-refractivity contribution in [2.24, 2.45) is 0 Å². The third kappa shape index (κ3) is 2.76. The standard InChI is InChI=1S/C10H10FN3S2/c11-4-2-6-15-10-9(13-16-14-10)8-3-1-5-12-7-8/h1,3,5,7H,2,4,6H2. The molecule has 0 radical (unpaired) electrons. The summed E-state index contributed by atoms with van der Waals surface area (Å²) < 4.78 is 20.4. The Balaban J connectivity index is 2.13. The number of alkyl halides is 1. The zero-order valence-electron chi connectivity index (χ0n) is 8.47. The van der Waals surface area contributed by atoms with Gasteiger partial charge in [-0.2, -0.15) is 8.75 Å². The third-order valence-electron chi connectivity index (χ3n) is 1.91. The first-order valence-corrected chi connectivity index (χ1v) is 6.55. The van der Waals surface area contributed by atoms with Gasteiger partial charge in [-0.25, -0.2) is 0 Å². The van der Waals surface area contributed by atoms with E-state index in [1.165, 1.54) is 11.7 Å². The lowest BCUT2D eigenvalue weighted by Crippen LogP contribution is -1.85. The van der Waals surface area contributed by atoms with Crippen LogP contribution in [0, 0.1) is 0 Å². The van der Waals surface area contributed by atoms with Crippen molar-refractivity contribution < 1.29 is 4.39 Å². The Bertz CT molecular complexity index is 433. The minimum Gasteiger partial charge on any atom is -0.264 e. The third-order valence-corrected chi connectivity index (χ3v) is 3.61. The smallest absolute Gasteiger partial charge is 0.138 e. The number of aromatic nitrogens is 3. The molecule has 0 atom stereocenters. The lowest BCUT2D eigenvalue weighted by Gasteiger charge is -1.99. The number of hydrogen-bond acceptors (Lipinski definition) is 5. The summed E-state index contributed by atoms with van der Waals surface area (Å²) in [6.45, 7) is -0.285. The Morgan fingerprint density at radius 1 is 1.38 bits per heavy atom. The molecule has 16 heavy (non-hydrogen) atoms. The molecular weight excluding hydrogens is 245 g/mol. The molecule has 0 bridgehead atoms. The van der Waals surface area contributed by atoms with Gasteiger partial charge in [0.1, 0.15) is 10.7 Å². The van der Waals surface area contributed by atoms with E-state index < -0.39 is 0 Å². The molecule has 84 valence electrons. The highest BCUT2D eigenvalue weighted by Gasteiger charge is 2.10. The van der Waals surface area contributed by atoms with E-state index in [4.69, 9.17) is 0 Å². The fourth-order valence-corrected chi connectivity index (χ4v) is 2.77. The second-order valence-electron chi connectivity index (χ2n) is 3.05. The average Bonchev–Trinajstić information content (AvgIpc) is 2.79. The molecule has 2 aromatic rings. The molecular formula is C10H10FN3S2. The fraction of sp³-hybridized carbons (Fsp3) is 0.300. The first-order chi connectivity index (χ1) is 7.92. The molecule has 0 aromatic carbocycles. The van der Waals surface area contributed by atoms with Crippen LogP contribution in [-0.4, -0.2) is 26.2 Å². The zero-order valence-corrected chi connectivity index (χ0v) is 10.1. The second-order valence-corrected chi connectivity index (χ2v) is 4.66. The van der Waals surface area contributed by atoms with Crippen LogP contribution in [0.3, 0.4) is 0 Å². The van der Waals surface area contributed by atoms with Crippen molar-refractivity contribution in [1.82, 2.24) is 13.7 Å². The first-order valence-electron chi connectivity index (χ1n) is 4.83. The lowest BCUT2D eigenvalue weighted by atomic mass is 10.2. The van der Waals surface area contributed by atoms with Crippen LogP contribution in [0.25, 0.3) is 11.3 Å². The van der Waals surface area contributed by atoms with Gasteiger partial charge in [-0.3, -0.25) is 9.37 Å². The van der Waals surface area contributed by atoms with Crippen LogP contribution in [0.1, 0.15) is 6.42 Å². The number of pyridine rings is 1. The maximum Gasteiger partial charge on any atom is 0.138 e. The van der Waals surface area contributed by atoms with Crippen LogP contribution in [0.15, 0.2) is 29.6 Å². The van der Waals surface area contributed by atoms with E-state index >= 15 is 0 Å². The van der Waals surface area contributed by atoms with Crippen molar-refractivity contribution in [2.75, 3.05) is 12.4 Å². The van der Waals surface area contributed by atoms with E-state index in [1.54, 1.807) is 24.2 Å². The summed E-state index contributed by atoms with van der Waals surface area (Å²) in [7, 11) is 0. The number of halogens is 1. The summed E-state index contributed by atoms with van der Waals surface area (Å²) in [5, 5.41) is 0.867. The van der Waals surface area contributed by atoms with Gasteiger partial charge in [-0.1, -0.05) is 0 Å². The van der Waals surface area contributed by atoms with Crippen LogP contribution >= 0.6 is 23.5 Å². The quantitative estimate of drug-likeness (QED) is 0.608. The van der Waals surface area contributed by atoms with Crippen LogP contribution in [-0.2, 0) is 0 Å². The zero-order chi connectivity index (χ0) is 11.2. The van der Waals surface area contributed by atoms with Gasteiger partial charge in [0.05, 0.1) is 18.4 Å². The predicted molar refractivity (Wildman–Crippen MR) is 64.5 cm³/mol. The molecule has 0 unspecified atom stereocenters. The van der Waals surface area contributed by atoms with Gasteiger partial charge in [0.25, 0.3) is 0 Å². The minimum atomic E-state index is -0.285. The number of rotatable bonds is 5. The monoisotopic (exact) mass is 255 g/mol. The molecule has 0 aliphatic rings. The molecule has 0 saturated heterocycles. The van der Waals surface area contributed by atoms with Gasteiger partial charge in [-0.15, -0.1) is 11.8 Å². The first kappa shape index (κ1) is 11.5. The molecule has 2 heterocycles. The van der Waals surface area contributed by atoms with Crippen molar-refractivity contribution >= 4 is 23.5 Å². The van der Waals surface area contributed by atoms with Crippen molar-refractivity contribution in [3.63, 3.8) is 0 Å². The number of nitrogens with zero attached hydrogens (tertiary/aromatic N) is 3. The molecule has 2 aromatic heterocycles. The largest absolute Gasteiger partial charge is 0.264 e. The van der Waals surface area contributed by atoms with Crippen molar-refractivity contribution in [2.45, 2.75) is 11.4 Å². The molecule has 0 N–H and O–H groups in total. The summed E-state index contributed by atoms with van der Waals surface area (Å²) in [5.41, 5.74) is 1.81. The SMILES string of the molecule is FCCCSc1nsnc1-c1cccnc1. The summed E-state index contributed by atoms with van der Waals surface area (Å²) in [6.07, 6.45) is 4.03. The molecule has 0 amide bonds. The van der Waals surface area contributed by atoms with E-state index in [1.807, 2.05) is 12.1 Å². The van der Waals surface area contributed by atoms with Gasteiger partial charge in [0.15, 0.2) is 0 Å². The Morgan fingerprint density at radius 3 is 3.06 bits per heavy atom. The molecule has 2 rings (SSSR count). The highest BCUT2D eigenvalue weighted by Crippen LogP contribution is 2.29. The Hall–Kier alpha value is -1.01. The molecule has 3 nitrogen and oxygen atoms in total. The Labute approximate surface area is 101 Å². The molecule has 0 fully saturated rings. The highest BCUT2D eigenvalue weighted by atomic mass is 32.2. The lowest BCUT2D eigenvalue weighted by molar-refractivity contribution is 0.489. The van der Waals surface area contributed by atoms with Crippen LogP contribution < -0.4 is 0 Å². The van der Waals surface area contributed by atoms with Gasteiger partial charge in [0.2, 0.25) is 0 Å². The summed E-state index contributed by atoms with van der Waals surface area (Å²) in [4.78, 5) is 4.05. The van der Waals surface area contributed by atoms with Gasteiger partial charge in [0, 0.05) is 23.7 Å². The minimum absolute atomic E-state index is 0.285. The summed E-state index contributed by atoms with van der Waals surface area (Å²) in [5.74, 6) is 0.731. The predicted octanol–water partition coefficient (Wildman–Crippen LogP) is 3.05. The fourth-order valence-electron chi connectivity index (χ4n) is 1.18. The van der Waals surface area contributed by atoms with E-state index in [2.05, 4.69) is 13.7 Å². The maximum absolute atomic E-state index is 12.0. The van der Waals surface area contributed by atoms with E-state index in [0.29, 0.717) is 6.42 Å². The molecule has 6 heteroatoms. The van der Waals surface area contributed by atoms with Crippen LogP contribution in [0.5, 0.6) is 0 Å². The Morgan fingerprint density at radius 2 is 2.31 bits per heavy atom. The summed E-state index contributed by atoms with van der Waals surface area (Å²) >= 11 is 2.72. The molecule has 0 aliphatic carbocycles. The van der Waals surface area contributed by atoms with E-state index in [9.17, 15) is 4.39 Å². The molecule has 0 aliphatic heterocycles. The van der Waals surface area contributed by atoms with Gasteiger partial charge < -0.3 is 0 Å². The van der Waals surface area contributed by atoms with Crippen LogP contribution in [0.2, 0.25) is 0 Å². The highest BCUT2D eigenvalue weighted by molar-refractivity contribution is 7.99. The molecule has 0 spiro atoms. The van der Waals surface area contributed by atoms with Gasteiger partial charge in [-0.05, 0) is 18.6 Å². The number of thioether (sulfide) groups is 1. The maximum atomic E-state index is 12.0. The molecule has 0 saturated carbocycles. The second kappa shape index (κ2) is 5.91. The van der Waals surface area contributed by atoms with E-state index in [0.717, 1.165) is 22.0 Å². The van der Waals surface area contributed by atoms with Crippen LogP contribution in [0.4, 0.5) is 4.39 Å².